The van der Waals surface area contributed by atoms with Crippen LogP contribution < -0.4 is 5.32 Å². The summed E-state index contributed by atoms with van der Waals surface area (Å²) in [6.07, 6.45) is 4.16. The molecule has 2 nitrogen and oxygen atoms in total. The molecule has 1 atom stereocenters. The van der Waals surface area contributed by atoms with E-state index in [9.17, 15) is 0 Å². The predicted octanol–water partition coefficient (Wildman–Crippen LogP) is 3.12. The topological polar surface area (TPSA) is 21.3 Å². The minimum atomic E-state index is 0.283. The molecule has 0 radical (unpaired) electrons. The highest BCUT2D eigenvalue weighted by Gasteiger charge is 2.44. The number of nitrogens with one attached hydrogen (secondary N) is 1. The number of hydrogen-bond donors (Lipinski definition) is 1. The lowest BCUT2D eigenvalue weighted by atomic mass is 9.60. The van der Waals surface area contributed by atoms with Crippen LogP contribution in [0.3, 0.4) is 0 Å². The van der Waals surface area contributed by atoms with Gasteiger partial charge in [-0.1, -0.05) is 36.8 Å². The number of ether oxygens (including phenoxy) is 1. The molecule has 1 unspecified atom stereocenters. The van der Waals surface area contributed by atoms with E-state index in [1.54, 1.807) is 0 Å². The Bertz CT molecular complexity index is 357. The SMILES string of the molecule is CNC(COC(C)C)C1(c2ccccc2)CCC1. The summed E-state index contributed by atoms with van der Waals surface area (Å²) in [5.74, 6) is 0. The van der Waals surface area contributed by atoms with Crippen LogP contribution >= 0.6 is 0 Å². The summed E-state index contributed by atoms with van der Waals surface area (Å²) < 4.78 is 5.84. The maximum absolute atomic E-state index is 5.84. The molecular formula is C16H25NO. The highest BCUT2D eigenvalue weighted by atomic mass is 16.5. The van der Waals surface area contributed by atoms with Crippen molar-refractivity contribution in [3.63, 3.8) is 0 Å². The average molecular weight is 247 g/mol. The van der Waals surface area contributed by atoms with Crippen molar-refractivity contribution in [2.24, 2.45) is 0 Å². The highest BCUT2D eigenvalue weighted by Crippen LogP contribution is 2.46. The summed E-state index contributed by atoms with van der Waals surface area (Å²) in [5, 5.41) is 3.47. The first-order chi connectivity index (χ1) is 8.69. The second-order valence-corrected chi connectivity index (χ2v) is 5.60. The van der Waals surface area contributed by atoms with Gasteiger partial charge in [0.25, 0.3) is 0 Å². The first-order valence-electron chi connectivity index (χ1n) is 7.03. The van der Waals surface area contributed by atoms with Crippen LogP contribution in [0, 0.1) is 0 Å². The van der Waals surface area contributed by atoms with Gasteiger partial charge >= 0.3 is 0 Å². The smallest absolute Gasteiger partial charge is 0.0631 e. The zero-order valence-electron chi connectivity index (χ0n) is 11.8. The Morgan fingerprint density at radius 1 is 1.22 bits per heavy atom. The van der Waals surface area contributed by atoms with Crippen molar-refractivity contribution in [2.45, 2.75) is 50.7 Å². The van der Waals surface area contributed by atoms with E-state index < -0.39 is 0 Å². The lowest BCUT2D eigenvalue weighted by Crippen LogP contribution is -2.54. The molecule has 0 aliphatic heterocycles. The third-order valence-electron chi connectivity index (χ3n) is 4.21. The molecule has 0 heterocycles. The fourth-order valence-electron chi connectivity index (χ4n) is 2.97. The minimum absolute atomic E-state index is 0.283. The lowest BCUT2D eigenvalue weighted by molar-refractivity contribution is 0.0260. The third-order valence-corrected chi connectivity index (χ3v) is 4.21. The molecule has 0 saturated heterocycles. The van der Waals surface area contributed by atoms with Gasteiger partial charge in [-0.25, -0.2) is 0 Å². The molecule has 18 heavy (non-hydrogen) atoms. The fourth-order valence-corrected chi connectivity index (χ4v) is 2.97. The van der Waals surface area contributed by atoms with Gasteiger partial charge in [-0.3, -0.25) is 0 Å². The molecule has 100 valence electrons. The normalized spacial score (nSPS) is 19.6. The van der Waals surface area contributed by atoms with Crippen LogP contribution in [-0.4, -0.2) is 25.8 Å². The Balaban J connectivity index is 2.15. The van der Waals surface area contributed by atoms with Crippen molar-refractivity contribution in [2.75, 3.05) is 13.7 Å². The Kier molecular flexibility index (Phi) is 4.41. The number of benzene rings is 1. The van der Waals surface area contributed by atoms with Crippen molar-refractivity contribution in [3.05, 3.63) is 35.9 Å². The molecule has 2 heteroatoms. The molecule has 0 amide bonds. The van der Waals surface area contributed by atoms with Gasteiger partial charge in [-0.15, -0.1) is 0 Å². The maximum atomic E-state index is 5.84. The number of rotatable bonds is 6. The standard InChI is InChI=1S/C16H25NO/c1-13(2)18-12-15(17-3)16(10-7-11-16)14-8-5-4-6-9-14/h4-6,8-9,13,15,17H,7,10-12H2,1-3H3. The Morgan fingerprint density at radius 3 is 2.33 bits per heavy atom. The highest BCUT2D eigenvalue weighted by molar-refractivity contribution is 5.30. The Hall–Kier alpha value is -0.860. The van der Waals surface area contributed by atoms with E-state index in [1.807, 2.05) is 0 Å². The minimum Gasteiger partial charge on any atom is -0.377 e. The predicted molar refractivity (Wildman–Crippen MR) is 75.9 cm³/mol. The largest absolute Gasteiger partial charge is 0.377 e. The third kappa shape index (κ3) is 2.60. The van der Waals surface area contributed by atoms with Gasteiger partial charge in [-0.2, -0.15) is 0 Å². The monoisotopic (exact) mass is 247 g/mol. The van der Waals surface area contributed by atoms with E-state index >= 15 is 0 Å². The first kappa shape index (κ1) is 13.6. The number of hydrogen-bond acceptors (Lipinski definition) is 2. The molecule has 1 N–H and O–H groups in total. The van der Waals surface area contributed by atoms with Gasteiger partial charge in [0.2, 0.25) is 0 Å². The molecule has 2 rings (SSSR count). The van der Waals surface area contributed by atoms with Crippen molar-refractivity contribution in [3.8, 4) is 0 Å². The van der Waals surface area contributed by atoms with Gasteiger partial charge < -0.3 is 10.1 Å². The second kappa shape index (κ2) is 5.85. The van der Waals surface area contributed by atoms with Crippen LogP contribution in [0.1, 0.15) is 38.7 Å². The van der Waals surface area contributed by atoms with E-state index in [1.165, 1.54) is 24.8 Å². The first-order valence-corrected chi connectivity index (χ1v) is 7.03. The van der Waals surface area contributed by atoms with E-state index in [0.29, 0.717) is 12.1 Å². The molecule has 0 spiro atoms. The summed E-state index contributed by atoms with van der Waals surface area (Å²) in [7, 11) is 2.05. The van der Waals surface area contributed by atoms with Crippen LogP contribution in [0.2, 0.25) is 0 Å². The molecule has 1 fully saturated rings. The Labute approximate surface area is 111 Å². The molecule has 1 aromatic rings. The molecule has 1 aliphatic rings. The van der Waals surface area contributed by atoms with E-state index in [-0.39, 0.29) is 5.41 Å². The quantitative estimate of drug-likeness (QED) is 0.834. The zero-order chi connectivity index (χ0) is 13.0. The van der Waals surface area contributed by atoms with Crippen molar-refractivity contribution in [1.29, 1.82) is 0 Å². The van der Waals surface area contributed by atoms with E-state index in [2.05, 4.69) is 56.5 Å². The van der Waals surface area contributed by atoms with Gasteiger partial charge in [0.1, 0.15) is 0 Å². The van der Waals surface area contributed by atoms with Crippen LogP contribution in [0.5, 0.6) is 0 Å². The van der Waals surface area contributed by atoms with Gasteiger partial charge in [0.05, 0.1) is 12.7 Å². The average Bonchev–Trinajstić information content (AvgIpc) is 2.33. The summed E-state index contributed by atoms with van der Waals surface area (Å²) in [6, 6.07) is 11.3. The molecule has 1 aromatic carbocycles. The van der Waals surface area contributed by atoms with Crippen LogP contribution in [0.15, 0.2) is 30.3 Å². The zero-order valence-corrected chi connectivity index (χ0v) is 11.8. The molecule has 0 bridgehead atoms. The number of likely N-dealkylation sites (N-methyl/N-ethyl adjacent to an activating group) is 1. The maximum Gasteiger partial charge on any atom is 0.0631 e. The fraction of sp³-hybridized carbons (Fsp3) is 0.625. The summed E-state index contributed by atoms with van der Waals surface area (Å²) in [4.78, 5) is 0. The lowest BCUT2D eigenvalue weighted by Gasteiger charge is -2.48. The van der Waals surface area contributed by atoms with Crippen LogP contribution in [0.25, 0.3) is 0 Å². The molecule has 1 saturated carbocycles. The summed E-state index contributed by atoms with van der Waals surface area (Å²) >= 11 is 0. The molecule has 0 aromatic heterocycles. The molecular weight excluding hydrogens is 222 g/mol. The van der Waals surface area contributed by atoms with Crippen molar-refractivity contribution in [1.82, 2.24) is 5.32 Å². The molecule has 1 aliphatic carbocycles. The van der Waals surface area contributed by atoms with Gasteiger partial charge in [-0.05, 0) is 39.3 Å². The Morgan fingerprint density at radius 2 is 1.89 bits per heavy atom. The van der Waals surface area contributed by atoms with E-state index in [4.69, 9.17) is 4.74 Å². The van der Waals surface area contributed by atoms with Crippen LogP contribution in [-0.2, 0) is 10.2 Å². The summed E-state index contributed by atoms with van der Waals surface area (Å²) in [6.45, 7) is 4.99. The summed E-state index contributed by atoms with van der Waals surface area (Å²) in [5.41, 5.74) is 1.74. The van der Waals surface area contributed by atoms with Gasteiger partial charge in [0.15, 0.2) is 0 Å². The van der Waals surface area contributed by atoms with Crippen molar-refractivity contribution >= 4 is 0 Å². The van der Waals surface area contributed by atoms with Gasteiger partial charge in [0, 0.05) is 11.5 Å². The van der Waals surface area contributed by atoms with Crippen LogP contribution in [0.4, 0.5) is 0 Å². The second-order valence-electron chi connectivity index (χ2n) is 5.60. The van der Waals surface area contributed by atoms with Crippen molar-refractivity contribution < 1.29 is 4.74 Å². The van der Waals surface area contributed by atoms with E-state index in [0.717, 1.165) is 6.61 Å².